The van der Waals surface area contributed by atoms with Gasteiger partial charge in [0, 0.05) is 11.5 Å². The smallest absolute Gasteiger partial charge is 0.436 e. The van der Waals surface area contributed by atoms with Gasteiger partial charge in [-0.3, -0.25) is 19.2 Å². The number of alkyl halides is 3. The van der Waals surface area contributed by atoms with Crippen LogP contribution < -0.4 is 5.32 Å². The molecule has 2 aliphatic heterocycles. The van der Waals surface area contributed by atoms with E-state index in [1.807, 2.05) is 0 Å². The topological polar surface area (TPSA) is 130 Å². The second-order valence-corrected chi connectivity index (χ2v) is 12.2. The molecule has 0 aliphatic carbocycles. The van der Waals surface area contributed by atoms with Crippen LogP contribution in [0.4, 0.5) is 13.2 Å². The molecule has 194 valence electrons. The first kappa shape index (κ1) is 26.9. The van der Waals surface area contributed by atoms with Crippen LogP contribution in [0.3, 0.4) is 0 Å². The number of rotatable bonds is 7. The number of nitrogens with zero attached hydrogens (tertiary/aromatic N) is 5. The Labute approximate surface area is 223 Å². The highest BCUT2D eigenvalue weighted by atomic mass is 79.9. The molecule has 1 fully saturated rings. The number of aromatic nitrogens is 4. The fourth-order valence-corrected chi connectivity index (χ4v) is 7.51. The molecule has 2 aromatic heterocycles. The van der Waals surface area contributed by atoms with Crippen LogP contribution >= 0.6 is 50.8 Å². The van der Waals surface area contributed by atoms with Gasteiger partial charge in [-0.1, -0.05) is 23.1 Å². The molecule has 2 N–H and O–H groups in total. The Morgan fingerprint density at radius 1 is 1.33 bits per heavy atom. The number of amides is 2. The van der Waals surface area contributed by atoms with Gasteiger partial charge in [0.25, 0.3) is 5.91 Å². The zero-order chi connectivity index (χ0) is 26.5. The average molecular weight is 627 g/mol. The molecule has 1 saturated heterocycles. The summed E-state index contributed by atoms with van der Waals surface area (Å²) in [7, 11) is 0. The molecule has 3 atom stereocenters. The summed E-state index contributed by atoms with van der Waals surface area (Å²) in [5.41, 5.74) is -0.636. The molecule has 0 aromatic carbocycles. The molecular formula is C19H18BrF3N6O4S3. The average Bonchev–Trinajstić information content (AvgIpc) is 3.36. The number of carbonyl (C=O) groups is 3. The molecule has 2 aliphatic rings. The Balaban J connectivity index is 1.47. The van der Waals surface area contributed by atoms with Crippen molar-refractivity contribution in [3.05, 3.63) is 32.1 Å². The minimum atomic E-state index is -4.71. The number of β-lactam (4-membered cyclic amide) rings is 1. The van der Waals surface area contributed by atoms with Crippen molar-refractivity contribution in [3.63, 3.8) is 0 Å². The maximum absolute atomic E-state index is 13.2. The summed E-state index contributed by atoms with van der Waals surface area (Å²) in [6.07, 6.45) is -4.71. The second kappa shape index (κ2) is 9.98. The van der Waals surface area contributed by atoms with Gasteiger partial charge in [-0.2, -0.15) is 18.3 Å². The minimum Gasteiger partial charge on any atom is -0.477 e. The molecule has 3 unspecified atom stereocenters. The fraction of sp³-hybridized carbons (Fsp3) is 0.474. The van der Waals surface area contributed by atoms with E-state index in [4.69, 9.17) is 0 Å². The first-order chi connectivity index (χ1) is 16.8. The van der Waals surface area contributed by atoms with Crippen molar-refractivity contribution in [2.75, 3.05) is 11.5 Å². The number of halogens is 4. The van der Waals surface area contributed by atoms with E-state index in [-0.39, 0.29) is 15.9 Å². The van der Waals surface area contributed by atoms with E-state index in [1.54, 1.807) is 6.92 Å². The van der Waals surface area contributed by atoms with Gasteiger partial charge in [-0.05, 0) is 42.3 Å². The number of aryl methyl sites for hydroxylation is 1. The lowest BCUT2D eigenvalue weighted by Crippen LogP contribution is -2.71. The van der Waals surface area contributed by atoms with Gasteiger partial charge in [-0.25, -0.2) is 4.79 Å². The Bertz CT molecular complexity index is 1280. The van der Waals surface area contributed by atoms with Crippen molar-refractivity contribution in [1.82, 2.24) is 30.2 Å². The van der Waals surface area contributed by atoms with Crippen molar-refractivity contribution in [1.29, 1.82) is 0 Å². The van der Waals surface area contributed by atoms with Crippen LogP contribution in [0.15, 0.2) is 20.1 Å². The third-order valence-corrected chi connectivity index (χ3v) is 9.86. The maximum atomic E-state index is 13.2. The molecule has 2 amide bonds. The van der Waals surface area contributed by atoms with Crippen molar-refractivity contribution < 1.29 is 32.7 Å². The molecule has 0 saturated carbocycles. The van der Waals surface area contributed by atoms with E-state index in [0.29, 0.717) is 21.4 Å². The van der Waals surface area contributed by atoms with Crippen molar-refractivity contribution in [3.8, 4) is 0 Å². The van der Waals surface area contributed by atoms with Crippen LogP contribution in [0.1, 0.15) is 29.4 Å². The van der Waals surface area contributed by atoms with Gasteiger partial charge in [0.1, 0.15) is 28.2 Å². The van der Waals surface area contributed by atoms with E-state index < -0.39 is 47.1 Å². The van der Waals surface area contributed by atoms with E-state index in [9.17, 15) is 32.7 Å². The molecule has 36 heavy (non-hydrogen) atoms. The molecule has 4 rings (SSSR count). The SMILES string of the molecule is Cc1nnc(SCC2=C(C(=O)O)N3C(=O)C(NC(=O)C(C)n4nc(C(F)(F)F)c(Br)c4C)C3SC2)s1. The molecule has 4 heterocycles. The summed E-state index contributed by atoms with van der Waals surface area (Å²) in [6, 6.07) is -2.16. The molecular weight excluding hydrogens is 609 g/mol. The van der Waals surface area contributed by atoms with Crippen LogP contribution in [0.5, 0.6) is 0 Å². The Morgan fingerprint density at radius 2 is 2.03 bits per heavy atom. The normalized spacial score (nSPS) is 20.8. The third-order valence-electron chi connectivity index (χ3n) is 5.52. The number of hydrogen-bond acceptors (Lipinski definition) is 9. The van der Waals surface area contributed by atoms with E-state index >= 15 is 0 Å². The molecule has 0 radical (unpaired) electrons. The molecule has 17 heteroatoms. The summed E-state index contributed by atoms with van der Waals surface area (Å²) < 4.78 is 40.9. The highest BCUT2D eigenvalue weighted by Crippen LogP contribution is 2.42. The van der Waals surface area contributed by atoms with Gasteiger partial charge in [0.05, 0.1) is 10.2 Å². The van der Waals surface area contributed by atoms with E-state index in [2.05, 4.69) is 36.5 Å². The summed E-state index contributed by atoms with van der Waals surface area (Å²) in [4.78, 5) is 38.9. The van der Waals surface area contributed by atoms with Crippen LogP contribution in [-0.2, 0) is 20.6 Å². The van der Waals surface area contributed by atoms with Crippen LogP contribution in [0, 0.1) is 13.8 Å². The number of carboxylic acid groups (broad SMARTS) is 1. The summed E-state index contributed by atoms with van der Waals surface area (Å²) >= 11 is 6.88. The van der Waals surface area contributed by atoms with Gasteiger partial charge in [0.15, 0.2) is 10.0 Å². The molecule has 0 bridgehead atoms. The largest absolute Gasteiger partial charge is 0.477 e. The number of fused-ring (bicyclic) bond motifs is 1. The lowest BCUT2D eigenvalue weighted by molar-refractivity contribution is -0.151. The third kappa shape index (κ3) is 4.89. The quantitative estimate of drug-likeness (QED) is 0.351. The Kier molecular flexibility index (Phi) is 7.47. The van der Waals surface area contributed by atoms with Gasteiger partial charge >= 0.3 is 12.1 Å². The highest BCUT2D eigenvalue weighted by Gasteiger charge is 2.54. The van der Waals surface area contributed by atoms with E-state index in [0.717, 1.165) is 14.6 Å². The molecule has 0 spiro atoms. The second-order valence-electron chi connectivity index (χ2n) is 7.90. The first-order valence-corrected chi connectivity index (χ1v) is 13.9. The Hall–Kier alpha value is -2.11. The zero-order valence-electron chi connectivity index (χ0n) is 18.8. The van der Waals surface area contributed by atoms with E-state index in [1.165, 1.54) is 48.7 Å². The maximum Gasteiger partial charge on any atom is 0.436 e. The predicted octanol–water partition coefficient (Wildman–Crippen LogP) is 3.22. The van der Waals surface area contributed by atoms with Gasteiger partial charge in [-0.15, -0.1) is 22.0 Å². The highest BCUT2D eigenvalue weighted by molar-refractivity contribution is 9.10. The summed E-state index contributed by atoms with van der Waals surface area (Å²) in [6.45, 7) is 4.56. The number of nitrogens with one attached hydrogen (secondary N) is 1. The summed E-state index contributed by atoms with van der Waals surface area (Å²) in [5.74, 6) is -1.94. The molecule has 10 nitrogen and oxygen atoms in total. The Morgan fingerprint density at radius 3 is 2.58 bits per heavy atom. The van der Waals surface area contributed by atoms with Crippen LogP contribution in [0.25, 0.3) is 0 Å². The number of aliphatic carboxylic acids is 1. The van der Waals surface area contributed by atoms with Gasteiger partial charge < -0.3 is 10.4 Å². The van der Waals surface area contributed by atoms with Crippen LogP contribution in [0.2, 0.25) is 0 Å². The monoisotopic (exact) mass is 626 g/mol. The lowest BCUT2D eigenvalue weighted by atomic mass is 10.0. The minimum absolute atomic E-state index is 0.0995. The van der Waals surface area contributed by atoms with Crippen molar-refractivity contribution in [2.45, 2.75) is 48.7 Å². The number of carbonyl (C=O) groups excluding carboxylic acids is 2. The number of hydrogen-bond donors (Lipinski definition) is 2. The van der Waals surface area contributed by atoms with Crippen molar-refractivity contribution in [2.24, 2.45) is 0 Å². The number of thioether (sulfide) groups is 2. The van der Waals surface area contributed by atoms with Crippen molar-refractivity contribution >= 4 is 68.6 Å². The zero-order valence-corrected chi connectivity index (χ0v) is 22.8. The predicted molar refractivity (Wildman–Crippen MR) is 129 cm³/mol. The number of carboxylic acids is 1. The van der Waals surface area contributed by atoms with Crippen LogP contribution in [-0.4, -0.2) is 70.7 Å². The molecule has 2 aromatic rings. The standard InChI is InChI=1S/C19H18BrF3N6O4S3/c1-6-10(20)13(19(21,22)23)27-29(6)7(2)14(30)24-11-15(31)28-12(17(32)33)9(4-34-16(11)28)5-35-18-26-25-8(3)36-18/h7,11,16H,4-5H2,1-3H3,(H,24,30)(H,32,33). The lowest BCUT2D eigenvalue weighted by Gasteiger charge is -2.49. The summed E-state index contributed by atoms with van der Waals surface area (Å²) in [5, 5.41) is 23.9. The van der Waals surface area contributed by atoms with Gasteiger partial charge in [0.2, 0.25) is 5.91 Å². The fourth-order valence-electron chi connectivity index (χ4n) is 3.72. The first-order valence-electron chi connectivity index (χ1n) is 10.3.